The Bertz CT molecular complexity index is 1060. The number of aromatic hydroxyl groups is 1. The van der Waals surface area contributed by atoms with Crippen molar-refractivity contribution in [3.8, 4) is 5.75 Å². The van der Waals surface area contributed by atoms with Crippen molar-refractivity contribution >= 4 is 17.5 Å². The van der Waals surface area contributed by atoms with Gasteiger partial charge in [-0.1, -0.05) is 19.1 Å². The molecule has 3 aliphatic rings. The van der Waals surface area contributed by atoms with Crippen molar-refractivity contribution in [2.75, 3.05) is 14.1 Å². The molecule has 172 valence electrons. The van der Waals surface area contributed by atoms with Gasteiger partial charge in [0.2, 0.25) is 0 Å². The number of amides is 1. The molecule has 1 amide bonds. The smallest absolute Gasteiger partial charge is 0.255 e. The van der Waals surface area contributed by atoms with Crippen molar-refractivity contribution in [2.24, 2.45) is 29.4 Å². The lowest BCUT2D eigenvalue weighted by Gasteiger charge is -2.58. The van der Waals surface area contributed by atoms with Crippen LogP contribution in [0.2, 0.25) is 0 Å². The van der Waals surface area contributed by atoms with Gasteiger partial charge in [0.15, 0.2) is 17.4 Å². The first-order valence-electron chi connectivity index (χ1n) is 10.3. The maximum Gasteiger partial charge on any atom is 0.255 e. The summed E-state index contributed by atoms with van der Waals surface area (Å²) >= 11 is 0. The van der Waals surface area contributed by atoms with E-state index in [0.29, 0.717) is 5.56 Å². The van der Waals surface area contributed by atoms with Gasteiger partial charge in [-0.15, -0.1) is 0 Å². The maximum atomic E-state index is 13.4. The third kappa shape index (κ3) is 2.70. The molecule has 0 heterocycles. The maximum absolute atomic E-state index is 13.4. The highest BCUT2D eigenvalue weighted by Crippen LogP contribution is 2.58. The summed E-state index contributed by atoms with van der Waals surface area (Å²) in [6.45, 7) is 1.68. The number of primary amides is 1. The summed E-state index contributed by atoms with van der Waals surface area (Å²) in [6.07, 6.45) is -1.43. The number of phenols is 1. The Balaban J connectivity index is 1.99. The van der Waals surface area contributed by atoms with Gasteiger partial charge in [0.25, 0.3) is 5.91 Å². The monoisotopic (exact) mass is 446 g/mol. The molecule has 0 spiro atoms. The first-order valence-corrected chi connectivity index (χ1v) is 10.3. The van der Waals surface area contributed by atoms with E-state index in [1.807, 2.05) is 0 Å². The molecule has 3 aliphatic carbocycles. The van der Waals surface area contributed by atoms with Gasteiger partial charge in [-0.25, -0.2) is 0 Å². The number of hydrogen-bond acceptors (Lipinski definition) is 9. The first-order chi connectivity index (χ1) is 14.8. The highest BCUT2D eigenvalue weighted by molar-refractivity contribution is 6.21. The van der Waals surface area contributed by atoms with Crippen LogP contribution in [0, 0.1) is 23.7 Å². The van der Waals surface area contributed by atoms with E-state index >= 15 is 0 Å². The molecule has 1 saturated carbocycles. The molecule has 1 fully saturated rings. The van der Waals surface area contributed by atoms with E-state index in [1.54, 1.807) is 19.1 Å². The lowest BCUT2D eigenvalue weighted by molar-refractivity contribution is -0.287. The van der Waals surface area contributed by atoms with Crippen LogP contribution in [0.15, 0.2) is 29.5 Å². The van der Waals surface area contributed by atoms with Gasteiger partial charge in [-0.05, 0) is 31.6 Å². The number of aliphatic hydroxyl groups is 4. The molecule has 0 radical (unpaired) electrons. The highest BCUT2D eigenvalue weighted by atomic mass is 16.5. The van der Waals surface area contributed by atoms with Gasteiger partial charge < -0.3 is 31.3 Å². The molecule has 32 heavy (non-hydrogen) atoms. The minimum Gasteiger partial charge on any atom is -0.511 e. The minimum absolute atomic E-state index is 0.0889. The van der Waals surface area contributed by atoms with E-state index < -0.39 is 76.3 Å². The van der Waals surface area contributed by atoms with Crippen LogP contribution in [-0.4, -0.2) is 79.9 Å². The lowest BCUT2D eigenvalue weighted by Crippen LogP contribution is -2.70. The summed E-state index contributed by atoms with van der Waals surface area (Å²) in [5, 5.41) is 55.1. The predicted octanol–water partition coefficient (Wildman–Crippen LogP) is -0.977. The van der Waals surface area contributed by atoms with Crippen LogP contribution in [0.5, 0.6) is 5.75 Å². The number of nitrogens with zero attached hydrogens (tertiary/aromatic N) is 1. The summed E-state index contributed by atoms with van der Waals surface area (Å²) < 4.78 is 0. The van der Waals surface area contributed by atoms with Crippen LogP contribution in [0.25, 0.3) is 0 Å². The van der Waals surface area contributed by atoms with Crippen molar-refractivity contribution < 1.29 is 39.9 Å². The third-order valence-electron chi connectivity index (χ3n) is 7.38. The van der Waals surface area contributed by atoms with Gasteiger partial charge in [0, 0.05) is 11.8 Å². The number of Topliss-reactive ketones (excluding diaryl/α,β-unsaturated/α-hetero) is 2. The molecule has 0 bridgehead atoms. The van der Waals surface area contributed by atoms with Crippen molar-refractivity contribution in [2.45, 2.75) is 30.8 Å². The number of phenolic OH excluding ortho intramolecular Hbond substituents is 1. The molecule has 7 N–H and O–H groups in total. The second-order valence-electron chi connectivity index (χ2n) is 9.18. The second kappa shape index (κ2) is 7.11. The molecule has 4 rings (SSSR count). The third-order valence-corrected chi connectivity index (χ3v) is 7.38. The molecular formula is C22H26N2O8. The molecule has 7 atom stereocenters. The Kier molecular flexibility index (Phi) is 4.98. The molecule has 10 nitrogen and oxygen atoms in total. The largest absolute Gasteiger partial charge is 0.511 e. The standard InChI is InChI=1S/C22H26N2O8/c1-7-8-5-4-6-9(25)11(8)18(27)14-10(7)17(26)12-15(22(14,31)32)19(28)13(21(23)30)20(29)16(12)24(2)3/h4-7,10,12,14-17,25-26,28,31-32H,1-3H3,(H2,23,30)/t7-,10-,12-,14?,15-,16-,17+/m1/s1. The quantitative estimate of drug-likeness (QED) is 0.246. The van der Waals surface area contributed by atoms with Gasteiger partial charge in [0.05, 0.1) is 29.5 Å². The van der Waals surface area contributed by atoms with Crippen LogP contribution in [0.4, 0.5) is 0 Å². The van der Waals surface area contributed by atoms with Crippen LogP contribution >= 0.6 is 0 Å². The Morgan fingerprint density at radius 2 is 1.69 bits per heavy atom. The number of nitrogens with two attached hydrogens (primary N) is 1. The van der Waals surface area contributed by atoms with Crippen molar-refractivity contribution in [1.82, 2.24) is 4.90 Å². The molecule has 1 unspecified atom stereocenters. The lowest BCUT2D eigenvalue weighted by atomic mass is 9.51. The molecular weight excluding hydrogens is 420 g/mol. The summed E-state index contributed by atoms with van der Waals surface area (Å²) in [7, 11) is 3.03. The van der Waals surface area contributed by atoms with Crippen molar-refractivity contribution in [1.29, 1.82) is 0 Å². The van der Waals surface area contributed by atoms with E-state index in [4.69, 9.17) is 5.73 Å². The molecule has 10 heteroatoms. The summed E-state index contributed by atoms with van der Waals surface area (Å²) in [6, 6.07) is 3.25. The van der Waals surface area contributed by atoms with E-state index in [-0.39, 0.29) is 11.3 Å². The Morgan fingerprint density at radius 3 is 2.25 bits per heavy atom. The second-order valence-corrected chi connectivity index (χ2v) is 9.18. The zero-order valence-corrected chi connectivity index (χ0v) is 17.8. The Labute approximate surface area is 183 Å². The molecule has 0 saturated heterocycles. The average molecular weight is 446 g/mol. The number of carbonyl (C=O) groups is 3. The summed E-state index contributed by atoms with van der Waals surface area (Å²) in [5.41, 5.74) is 4.86. The van der Waals surface area contributed by atoms with Gasteiger partial charge in [0.1, 0.15) is 17.1 Å². The number of aliphatic hydroxyl groups excluding tert-OH is 2. The zero-order valence-electron chi connectivity index (χ0n) is 17.8. The molecule has 1 aromatic carbocycles. The van der Waals surface area contributed by atoms with Gasteiger partial charge >= 0.3 is 0 Å². The normalized spacial score (nSPS) is 35.9. The van der Waals surface area contributed by atoms with E-state index in [0.717, 1.165) is 0 Å². The Morgan fingerprint density at radius 1 is 1.06 bits per heavy atom. The summed E-state index contributed by atoms with van der Waals surface area (Å²) in [4.78, 5) is 39.8. The topological polar surface area (TPSA) is 182 Å². The Hall–Kier alpha value is -2.79. The fraction of sp³-hybridized carbons (Fsp3) is 0.500. The molecule has 0 aromatic heterocycles. The van der Waals surface area contributed by atoms with E-state index in [2.05, 4.69) is 0 Å². The van der Waals surface area contributed by atoms with E-state index in [1.165, 1.54) is 25.1 Å². The fourth-order valence-electron chi connectivity index (χ4n) is 6.11. The number of benzene rings is 1. The van der Waals surface area contributed by atoms with Crippen LogP contribution in [0.1, 0.15) is 28.8 Å². The van der Waals surface area contributed by atoms with E-state index in [9.17, 15) is 39.9 Å². The number of hydrogen-bond donors (Lipinski definition) is 6. The van der Waals surface area contributed by atoms with Gasteiger partial charge in [-0.2, -0.15) is 0 Å². The van der Waals surface area contributed by atoms with Crippen LogP contribution < -0.4 is 5.73 Å². The highest BCUT2D eigenvalue weighted by Gasteiger charge is 2.68. The minimum atomic E-state index is -2.94. The van der Waals surface area contributed by atoms with Gasteiger partial charge in [-0.3, -0.25) is 19.3 Å². The molecule has 1 aromatic rings. The van der Waals surface area contributed by atoms with Crippen molar-refractivity contribution in [3.63, 3.8) is 0 Å². The van der Waals surface area contributed by atoms with Crippen LogP contribution in [0.3, 0.4) is 0 Å². The first kappa shape index (κ1) is 22.4. The SMILES string of the molecule is C[C@@H]1c2cccc(O)c2C(=O)C2[C@@H]1[C@H](O)[C@H]1[C@@H](N(C)C)C(=O)C(C(N)=O)=C(O)[C@@H]1C2(O)O. The zero-order chi connectivity index (χ0) is 23.9. The number of ketones is 2. The summed E-state index contributed by atoms with van der Waals surface area (Å²) in [5.74, 6) is -13.4. The van der Waals surface area contributed by atoms with Crippen molar-refractivity contribution in [3.05, 3.63) is 40.7 Å². The average Bonchev–Trinajstić information content (AvgIpc) is 2.67. The number of likely N-dealkylation sites (N-methyl/N-ethyl adjacent to an activating group) is 1. The number of carbonyl (C=O) groups excluding carboxylic acids is 3. The number of fused-ring (bicyclic) bond motifs is 3. The molecule has 0 aliphatic heterocycles. The predicted molar refractivity (Wildman–Crippen MR) is 109 cm³/mol. The number of rotatable bonds is 2. The van der Waals surface area contributed by atoms with Crippen LogP contribution in [-0.2, 0) is 9.59 Å². The fourth-order valence-corrected chi connectivity index (χ4v) is 6.11.